The van der Waals surface area contributed by atoms with Crippen LogP contribution in [0.3, 0.4) is 0 Å². The molecule has 0 aliphatic carbocycles. The minimum Gasteiger partial charge on any atom is -0.383 e. The predicted octanol–water partition coefficient (Wildman–Crippen LogP) is 1.91. The Labute approximate surface area is 122 Å². The number of halogens is 1. The molecule has 9 heteroatoms. The van der Waals surface area contributed by atoms with Crippen LogP contribution in [-0.4, -0.2) is 44.5 Å². The van der Waals surface area contributed by atoms with Gasteiger partial charge in [0.15, 0.2) is 0 Å². The van der Waals surface area contributed by atoms with E-state index in [1.165, 1.54) is 23.5 Å². The van der Waals surface area contributed by atoms with Crippen LogP contribution in [0, 0.1) is 10.1 Å². The van der Waals surface area contributed by atoms with Crippen molar-refractivity contribution in [3.05, 3.63) is 33.3 Å². The Hall–Kier alpha value is -1.22. The van der Waals surface area contributed by atoms with Gasteiger partial charge >= 0.3 is 0 Å². The van der Waals surface area contributed by atoms with E-state index in [4.69, 9.17) is 16.3 Å². The first-order valence-corrected chi connectivity index (χ1v) is 7.59. The molecule has 0 bridgehead atoms. The number of nitrogens with zero attached hydrogens (tertiary/aromatic N) is 2. The number of hydrogen-bond donors (Lipinski definition) is 0. The van der Waals surface area contributed by atoms with Crippen molar-refractivity contribution < 1.29 is 18.1 Å². The summed E-state index contributed by atoms with van der Waals surface area (Å²) in [7, 11) is -2.34. The van der Waals surface area contributed by atoms with Crippen molar-refractivity contribution in [2.75, 3.05) is 26.8 Å². The molecule has 0 aromatic heterocycles. The highest BCUT2D eigenvalue weighted by Crippen LogP contribution is 2.28. The van der Waals surface area contributed by atoms with Gasteiger partial charge in [-0.25, -0.2) is 8.42 Å². The first kappa shape index (κ1) is 16.8. The monoisotopic (exact) mass is 322 g/mol. The van der Waals surface area contributed by atoms with Crippen molar-refractivity contribution in [2.24, 2.45) is 0 Å². The van der Waals surface area contributed by atoms with Crippen molar-refractivity contribution in [1.29, 1.82) is 0 Å². The van der Waals surface area contributed by atoms with Crippen molar-refractivity contribution in [2.45, 2.75) is 11.8 Å². The normalized spacial score (nSPS) is 11.8. The van der Waals surface area contributed by atoms with Crippen molar-refractivity contribution >= 4 is 27.3 Å². The fourth-order valence-corrected chi connectivity index (χ4v) is 3.22. The van der Waals surface area contributed by atoms with Gasteiger partial charge in [0.25, 0.3) is 5.69 Å². The van der Waals surface area contributed by atoms with Crippen LogP contribution in [0.5, 0.6) is 0 Å². The molecule has 0 fully saturated rings. The number of nitro groups is 1. The van der Waals surface area contributed by atoms with Gasteiger partial charge in [0.2, 0.25) is 10.0 Å². The van der Waals surface area contributed by atoms with Crippen molar-refractivity contribution in [3.63, 3.8) is 0 Å². The molecule has 0 radical (unpaired) electrons. The summed E-state index contributed by atoms with van der Waals surface area (Å²) in [6.45, 7) is 2.33. The van der Waals surface area contributed by atoms with E-state index in [0.29, 0.717) is 0 Å². The van der Waals surface area contributed by atoms with Crippen LogP contribution in [0.15, 0.2) is 23.1 Å². The SMILES string of the molecule is CCN(CCOC)S(=O)(=O)c1ccc(Cl)c([N+](=O)[O-])c1. The zero-order valence-electron chi connectivity index (χ0n) is 11.1. The predicted molar refractivity (Wildman–Crippen MR) is 74.4 cm³/mol. The summed E-state index contributed by atoms with van der Waals surface area (Å²) in [5, 5.41) is 10.7. The molecular weight excluding hydrogens is 308 g/mol. The summed E-state index contributed by atoms with van der Waals surface area (Å²) in [5.74, 6) is 0. The molecule has 0 saturated heterocycles. The second-order valence-electron chi connectivity index (χ2n) is 3.86. The minimum absolute atomic E-state index is 0.103. The smallest absolute Gasteiger partial charge is 0.289 e. The fourth-order valence-electron chi connectivity index (χ4n) is 1.58. The Morgan fingerprint density at radius 3 is 2.60 bits per heavy atom. The first-order valence-electron chi connectivity index (χ1n) is 5.77. The summed E-state index contributed by atoms with van der Waals surface area (Å²) in [4.78, 5) is 9.93. The number of likely N-dealkylation sites (N-methyl/N-ethyl adjacent to an activating group) is 1. The number of rotatable bonds is 7. The molecule has 7 nitrogen and oxygen atoms in total. The van der Waals surface area contributed by atoms with E-state index < -0.39 is 20.6 Å². The molecule has 0 amide bonds. The van der Waals surface area contributed by atoms with E-state index in [1.807, 2.05) is 0 Å². The van der Waals surface area contributed by atoms with Gasteiger partial charge in [0.1, 0.15) is 5.02 Å². The fraction of sp³-hybridized carbons (Fsp3) is 0.455. The zero-order valence-corrected chi connectivity index (χ0v) is 12.6. The third-order valence-electron chi connectivity index (χ3n) is 2.65. The minimum atomic E-state index is -3.81. The highest BCUT2D eigenvalue weighted by atomic mass is 35.5. The van der Waals surface area contributed by atoms with Gasteiger partial charge < -0.3 is 4.74 Å². The Morgan fingerprint density at radius 2 is 2.10 bits per heavy atom. The molecule has 1 aromatic rings. The number of methoxy groups -OCH3 is 1. The van der Waals surface area contributed by atoms with Gasteiger partial charge in [-0.1, -0.05) is 18.5 Å². The molecule has 1 rings (SSSR count). The molecule has 0 aliphatic rings. The van der Waals surface area contributed by atoms with E-state index in [1.54, 1.807) is 6.92 Å². The summed E-state index contributed by atoms with van der Waals surface area (Å²) in [5.41, 5.74) is -0.435. The summed E-state index contributed by atoms with van der Waals surface area (Å²) < 4.78 is 30.8. The number of nitro benzene ring substituents is 1. The maximum Gasteiger partial charge on any atom is 0.289 e. The largest absolute Gasteiger partial charge is 0.383 e. The lowest BCUT2D eigenvalue weighted by Crippen LogP contribution is -2.33. The molecular formula is C11H15ClN2O5S. The first-order chi connectivity index (χ1) is 9.34. The zero-order chi connectivity index (χ0) is 15.3. The van der Waals surface area contributed by atoms with E-state index in [-0.39, 0.29) is 29.6 Å². The number of sulfonamides is 1. The molecule has 112 valence electrons. The molecule has 0 unspecified atom stereocenters. The van der Waals surface area contributed by atoms with Crippen molar-refractivity contribution in [3.8, 4) is 0 Å². The number of ether oxygens (including phenoxy) is 1. The summed E-state index contributed by atoms with van der Waals surface area (Å²) in [6.07, 6.45) is 0. The number of hydrogen-bond acceptors (Lipinski definition) is 5. The van der Waals surface area contributed by atoms with E-state index >= 15 is 0 Å². The molecule has 0 spiro atoms. The molecule has 1 aromatic carbocycles. The molecule has 0 heterocycles. The van der Waals surface area contributed by atoms with Crippen LogP contribution in [-0.2, 0) is 14.8 Å². The average molecular weight is 323 g/mol. The maximum absolute atomic E-state index is 12.4. The van der Waals surface area contributed by atoms with Gasteiger partial charge in [0, 0.05) is 26.3 Å². The van der Waals surface area contributed by atoms with Crippen LogP contribution < -0.4 is 0 Å². The maximum atomic E-state index is 12.4. The standard InChI is InChI=1S/C11H15ClN2O5S/c1-3-13(6-7-19-2)20(17,18)9-4-5-10(12)11(8-9)14(15)16/h4-5,8H,3,6-7H2,1-2H3. The molecule has 20 heavy (non-hydrogen) atoms. The molecule has 0 atom stereocenters. The van der Waals surface area contributed by atoms with Crippen molar-refractivity contribution in [1.82, 2.24) is 4.31 Å². The Morgan fingerprint density at radius 1 is 1.45 bits per heavy atom. The van der Waals surface area contributed by atoms with Gasteiger partial charge in [-0.3, -0.25) is 10.1 Å². The molecule has 0 saturated carbocycles. The molecule has 0 N–H and O–H groups in total. The van der Waals surface area contributed by atoms with Crippen LogP contribution in [0.4, 0.5) is 5.69 Å². The third kappa shape index (κ3) is 3.66. The van der Waals surface area contributed by atoms with Gasteiger partial charge in [-0.15, -0.1) is 0 Å². The third-order valence-corrected chi connectivity index (χ3v) is 4.94. The van der Waals surface area contributed by atoms with Gasteiger partial charge in [0.05, 0.1) is 16.4 Å². The van der Waals surface area contributed by atoms with E-state index in [2.05, 4.69) is 0 Å². The summed E-state index contributed by atoms with van der Waals surface area (Å²) >= 11 is 5.67. The lowest BCUT2D eigenvalue weighted by atomic mass is 10.3. The average Bonchev–Trinajstić information content (AvgIpc) is 2.39. The number of benzene rings is 1. The van der Waals surface area contributed by atoms with Gasteiger partial charge in [-0.2, -0.15) is 4.31 Å². The quantitative estimate of drug-likeness (QED) is 0.565. The second kappa shape index (κ2) is 6.98. The van der Waals surface area contributed by atoms with Crippen LogP contribution in [0.25, 0.3) is 0 Å². The van der Waals surface area contributed by atoms with E-state index in [9.17, 15) is 18.5 Å². The van der Waals surface area contributed by atoms with Gasteiger partial charge in [-0.05, 0) is 12.1 Å². The Kier molecular flexibility index (Phi) is 5.88. The lowest BCUT2D eigenvalue weighted by molar-refractivity contribution is -0.384. The Bertz CT molecular complexity index is 590. The van der Waals surface area contributed by atoms with E-state index in [0.717, 1.165) is 6.07 Å². The van der Waals surface area contributed by atoms with Crippen LogP contribution >= 0.6 is 11.6 Å². The summed E-state index contributed by atoms with van der Waals surface area (Å²) in [6, 6.07) is 3.42. The second-order valence-corrected chi connectivity index (χ2v) is 6.20. The van der Waals surface area contributed by atoms with Crippen LogP contribution in [0.2, 0.25) is 5.02 Å². The lowest BCUT2D eigenvalue weighted by Gasteiger charge is -2.20. The Balaban J connectivity index is 3.20. The highest BCUT2D eigenvalue weighted by Gasteiger charge is 2.25. The highest BCUT2D eigenvalue weighted by molar-refractivity contribution is 7.89. The topological polar surface area (TPSA) is 89.8 Å². The molecule has 0 aliphatic heterocycles. The van der Waals surface area contributed by atoms with Crippen LogP contribution in [0.1, 0.15) is 6.92 Å².